The Morgan fingerprint density at radius 1 is 0.931 bits per heavy atom. The van der Waals surface area contributed by atoms with Crippen molar-refractivity contribution in [3.05, 3.63) is 65.3 Å². The Labute approximate surface area is 175 Å². The van der Waals surface area contributed by atoms with Crippen LogP contribution in [0.4, 0.5) is 17.5 Å². The minimum atomic E-state index is 0.240. The van der Waals surface area contributed by atoms with E-state index in [1.807, 2.05) is 49.4 Å². The molecule has 0 fully saturated rings. The fourth-order valence-corrected chi connectivity index (χ4v) is 2.85. The lowest BCUT2D eigenvalue weighted by Crippen LogP contribution is -2.07. The van der Waals surface area contributed by atoms with Crippen molar-refractivity contribution in [3.8, 4) is 11.5 Å². The SMILES string of the molecule is Cc1cc(NCCCCCO)nc(Nc2ccc(Oc3ccc(Cl)cc3)cc2)n1. The van der Waals surface area contributed by atoms with Gasteiger partial charge in [-0.3, -0.25) is 0 Å². The summed E-state index contributed by atoms with van der Waals surface area (Å²) < 4.78 is 5.81. The van der Waals surface area contributed by atoms with Crippen molar-refractivity contribution in [3.63, 3.8) is 0 Å². The molecule has 0 atom stereocenters. The Hall–Kier alpha value is -2.83. The first-order valence-corrected chi connectivity index (χ1v) is 10.0. The first-order chi connectivity index (χ1) is 14.1. The second-order valence-corrected chi connectivity index (χ2v) is 7.07. The van der Waals surface area contributed by atoms with Crippen molar-refractivity contribution in [2.24, 2.45) is 0 Å². The lowest BCUT2D eigenvalue weighted by molar-refractivity contribution is 0.283. The highest BCUT2D eigenvalue weighted by atomic mass is 35.5. The van der Waals surface area contributed by atoms with Crippen molar-refractivity contribution in [1.29, 1.82) is 0 Å². The molecule has 0 saturated carbocycles. The number of aryl methyl sites for hydroxylation is 1. The van der Waals surface area contributed by atoms with Gasteiger partial charge in [-0.05, 0) is 74.7 Å². The fourth-order valence-electron chi connectivity index (χ4n) is 2.72. The average molecular weight is 413 g/mol. The third kappa shape index (κ3) is 6.93. The number of halogens is 1. The number of aliphatic hydroxyl groups is 1. The predicted octanol–water partition coefficient (Wildman–Crippen LogP) is 5.55. The van der Waals surface area contributed by atoms with E-state index in [0.717, 1.165) is 54.5 Å². The number of benzene rings is 2. The van der Waals surface area contributed by atoms with Gasteiger partial charge in [0, 0.05) is 35.6 Å². The number of aliphatic hydroxyl groups excluding tert-OH is 1. The van der Waals surface area contributed by atoms with E-state index in [9.17, 15) is 0 Å². The van der Waals surface area contributed by atoms with Gasteiger partial charge >= 0.3 is 0 Å². The van der Waals surface area contributed by atoms with Crippen LogP contribution in [-0.4, -0.2) is 28.2 Å². The van der Waals surface area contributed by atoms with Crippen LogP contribution in [0.3, 0.4) is 0 Å². The van der Waals surface area contributed by atoms with E-state index in [0.29, 0.717) is 11.0 Å². The first kappa shape index (κ1) is 20.9. The minimum absolute atomic E-state index is 0.240. The van der Waals surface area contributed by atoms with Crippen LogP contribution in [0, 0.1) is 6.92 Å². The Kier molecular flexibility index (Phi) is 7.67. The van der Waals surface area contributed by atoms with Crippen LogP contribution in [0.5, 0.6) is 11.5 Å². The predicted molar refractivity (Wildman–Crippen MR) is 117 cm³/mol. The molecular weight excluding hydrogens is 388 g/mol. The number of nitrogens with one attached hydrogen (secondary N) is 2. The summed E-state index contributed by atoms with van der Waals surface area (Å²) in [5.74, 6) is 2.78. The fraction of sp³-hybridized carbons (Fsp3) is 0.273. The van der Waals surface area contributed by atoms with Crippen LogP contribution in [0.15, 0.2) is 54.6 Å². The Balaban J connectivity index is 1.58. The van der Waals surface area contributed by atoms with E-state index in [2.05, 4.69) is 20.6 Å². The zero-order chi connectivity index (χ0) is 20.5. The molecule has 0 aliphatic rings. The van der Waals surface area contributed by atoms with Crippen LogP contribution in [0.2, 0.25) is 5.02 Å². The zero-order valence-electron chi connectivity index (χ0n) is 16.4. The van der Waals surface area contributed by atoms with Crippen molar-refractivity contribution in [2.45, 2.75) is 26.2 Å². The minimum Gasteiger partial charge on any atom is -0.457 e. The van der Waals surface area contributed by atoms with Gasteiger partial charge in [0.1, 0.15) is 17.3 Å². The number of hydrogen-bond acceptors (Lipinski definition) is 6. The van der Waals surface area contributed by atoms with Gasteiger partial charge in [0.25, 0.3) is 0 Å². The molecule has 0 aliphatic carbocycles. The van der Waals surface area contributed by atoms with Gasteiger partial charge < -0.3 is 20.5 Å². The van der Waals surface area contributed by atoms with E-state index >= 15 is 0 Å². The second kappa shape index (κ2) is 10.6. The molecule has 3 N–H and O–H groups in total. The number of rotatable bonds is 10. The molecule has 0 amide bonds. The maximum Gasteiger partial charge on any atom is 0.229 e. The maximum absolute atomic E-state index is 8.83. The van der Waals surface area contributed by atoms with Gasteiger partial charge in [-0.2, -0.15) is 4.98 Å². The molecule has 1 aromatic heterocycles. The molecule has 0 aliphatic heterocycles. The smallest absolute Gasteiger partial charge is 0.229 e. The van der Waals surface area contributed by atoms with Gasteiger partial charge in [-0.1, -0.05) is 11.6 Å². The molecule has 0 spiro atoms. The van der Waals surface area contributed by atoms with Crippen LogP contribution < -0.4 is 15.4 Å². The highest BCUT2D eigenvalue weighted by Gasteiger charge is 2.04. The molecule has 0 unspecified atom stereocenters. The van der Waals surface area contributed by atoms with Crippen molar-refractivity contribution >= 4 is 29.1 Å². The number of aromatic nitrogens is 2. The number of anilines is 3. The lowest BCUT2D eigenvalue weighted by atomic mass is 10.2. The van der Waals surface area contributed by atoms with Crippen LogP contribution in [-0.2, 0) is 0 Å². The molecule has 3 aromatic rings. The van der Waals surface area contributed by atoms with E-state index in [1.54, 1.807) is 12.1 Å². The summed E-state index contributed by atoms with van der Waals surface area (Å²) in [4.78, 5) is 8.96. The molecule has 0 bridgehead atoms. The van der Waals surface area contributed by atoms with Crippen molar-refractivity contribution in [2.75, 3.05) is 23.8 Å². The maximum atomic E-state index is 8.83. The third-order valence-electron chi connectivity index (χ3n) is 4.16. The highest BCUT2D eigenvalue weighted by molar-refractivity contribution is 6.30. The topological polar surface area (TPSA) is 79.3 Å². The average Bonchev–Trinajstić information content (AvgIpc) is 2.71. The quantitative estimate of drug-likeness (QED) is 0.379. The molecule has 3 rings (SSSR count). The molecule has 6 nitrogen and oxygen atoms in total. The lowest BCUT2D eigenvalue weighted by Gasteiger charge is -2.11. The number of ether oxygens (including phenoxy) is 1. The van der Waals surface area contributed by atoms with E-state index < -0.39 is 0 Å². The number of unbranched alkanes of at least 4 members (excludes halogenated alkanes) is 2. The molecule has 152 valence electrons. The summed E-state index contributed by atoms with van der Waals surface area (Å²) in [5.41, 5.74) is 1.75. The van der Waals surface area contributed by atoms with Crippen molar-refractivity contribution in [1.82, 2.24) is 9.97 Å². The summed E-state index contributed by atoms with van der Waals surface area (Å²) in [6, 6.07) is 16.7. The summed E-state index contributed by atoms with van der Waals surface area (Å²) in [7, 11) is 0. The largest absolute Gasteiger partial charge is 0.457 e. The van der Waals surface area contributed by atoms with Gasteiger partial charge in [-0.15, -0.1) is 0 Å². The van der Waals surface area contributed by atoms with E-state index in [-0.39, 0.29) is 6.61 Å². The van der Waals surface area contributed by atoms with Gasteiger partial charge in [0.05, 0.1) is 0 Å². The highest BCUT2D eigenvalue weighted by Crippen LogP contribution is 2.25. The Morgan fingerprint density at radius 2 is 1.62 bits per heavy atom. The number of hydrogen-bond donors (Lipinski definition) is 3. The van der Waals surface area contributed by atoms with Gasteiger partial charge in [0.2, 0.25) is 5.95 Å². The van der Waals surface area contributed by atoms with Crippen LogP contribution in [0.1, 0.15) is 25.0 Å². The summed E-state index contributed by atoms with van der Waals surface area (Å²) >= 11 is 5.89. The normalized spacial score (nSPS) is 10.6. The van der Waals surface area contributed by atoms with Crippen LogP contribution >= 0.6 is 11.6 Å². The Bertz CT molecular complexity index is 902. The molecule has 0 saturated heterocycles. The number of nitrogens with zero attached hydrogens (tertiary/aromatic N) is 2. The molecule has 2 aromatic carbocycles. The molecule has 7 heteroatoms. The Morgan fingerprint density at radius 3 is 2.31 bits per heavy atom. The van der Waals surface area contributed by atoms with E-state index in [1.165, 1.54) is 0 Å². The standard InChI is InChI=1S/C22H25ClN4O2/c1-16-15-21(24-13-3-2-4-14-28)27-22(25-16)26-18-7-11-20(12-8-18)29-19-9-5-17(23)6-10-19/h5-12,15,28H,2-4,13-14H2,1H3,(H2,24,25,26,27). The molecular formula is C22H25ClN4O2. The van der Waals surface area contributed by atoms with E-state index in [4.69, 9.17) is 21.4 Å². The van der Waals surface area contributed by atoms with Gasteiger partial charge in [0.15, 0.2) is 0 Å². The molecule has 29 heavy (non-hydrogen) atoms. The molecule has 0 radical (unpaired) electrons. The first-order valence-electron chi connectivity index (χ1n) is 9.63. The second-order valence-electron chi connectivity index (χ2n) is 6.63. The summed E-state index contributed by atoms with van der Waals surface area (Å²) in [5, 5.41) is 16.0. The molecule has 1 heterocycles. The van der Waals surface area contributed by atoms with Crippen LogP contribution in [0.25, 0.3) is 0 Å². The zero-order valence-corrected chi connectivity index (χ0v) is 17.1. The van der Waals surface area contributed by atoms with Crippen molar-refractivity contribution < 1.29 is 9.84 Å². The third-order valence-corrected chi connectivity index (χ3v) is 4.41. The monoisotopic (exact) mass is 412 g/mol. The summed E-state index contributed by atoms with van der Waals surface area (Å²) in [6.45, 7) is 2.99. The summed E-state index contributed by atoms with van der Waals surface area (Å²) in [6.07, 6.45) is 2.81. The van der Waals surface area contributed by atoms with Gasteiger partial charge in [-0.25, -0.2) is 4.98 Å².